The zero-order valence-electron chi connectivity index (χ0n) is 66.3. The molecule has 0 aliphatic heterocycles. The number of ketones is 2. The Balaban J connectivity index is 0.806. The molecule has 0 aliphatic rings. The smallest absolute Gasteiger partial charge is 0.343 e. The molecule has 12 rings (SSSR count). The number of unbranched alkanes of at least 4 members (excludes halogenated alkanes) is 6. The topological polar surface area (TPSA) is 210 Å². The molecule has 120 heavy (non-hydrogen) atoms. The van der Waals surface area contributed by atoms with Crippen LogP contribution in [0.3, 0.4) is 0 Å². The summed E-state index contributed by atoms with van der Waals surface area (Å²) in [7, 11) is 0. The van der Waals surface area contributed by atoms with Gasteiger partial charge in [0.15, 0.2) is 11.6 Å². The van der Waals surface area contributed by atoms with Gasteiger partial charge in [0.1, 0.15) is 34.5 Å². The van der Waals surface area contributed by atoms with E-state index in [0.29, 0.717) is 82.1 Å². The predicted octanol–water partition coefficient (Wildman–Crippen LogP) is 22.2. The van der Waals surface area contributed by atoms with Gasteiger partial charge in [-0.25, -0.2) is 28.8 Å². The minimum Gasteiger partial charge on any atom is -0.494 e. The minimum absolute atomic E-state index is 0.0746. The van der Waals surface area contributed by atoms with Crippen LogP contribution in [0.15, 0.2) is 342 Å². The van der Waals surface area contributed by atoms with Crippen LogP contribution in [0.2, 0.25) is 0 Å². The third-order valence-corrected chi connectivity index (χ3v) is 19.7. The molecule has 600 valence electrons. The standard InChI is InChI=1S/C104H88O16/c1-5-89(105)69-71-17-21-73(22-18-71)75-25-33-85(34-26-75)101(109)117-93-57-45-81(46-58-93)99(83-49-61-95(62-50-83)119-103(111)87-37-29-77(30-38-87)79-41-53-91(54-42-79)113-65-13-9-11-15-67-115-97(107)7-3)100(82-47-59-94(60-48-82)118-102(110)86-35-27-76(28-36-86)74-23-19-72(20-24-74)70-90(106)6-2)84-51-63-96(64-52-84)120-104(112)88-39-31-78(32-40-88)80-43-55-92(56-44-80)114-66-14-10-12-16-68-116-98(108)8-4/h5-8,17-64H,1-4,9-16,65-70H2/b100-99-. The minimum atomic E-state index is -0.585. The molecule has 0 saturated carbocycles. The summed E-state index contributed by atoms with van der Waals surface area (Å²) < 4.78 is 46.2. The number of esters is 6. The molecule has 12 aromatic rings. The summed E-state index contributed by atoms with van der Waals surface area (Å²) in [4.78, 5) is 102. The van der Waals surface area contributed by atoms with Crippen molar-refractivity contribution in [3.63, 3.8) is 0 Å². The van der Waals surface area contributed by atoms with Crippen molar-refractivity contribution in [3.8, 4) is 79.0 Å². The molecule has 0 radical (unpaired) electrons. The highest BCUT2D eigenvalue weighted by Gasteiger charge is 2.22. The quantitative estimate of drug-likeness (QED) is 0.0115. The van der Waals surface area contributed by atoms with Gasteiger partial charge in [-0.3, -0.25) is 9.59 Å². The maximum absolute atomic E-state index is 14.0. The van der Waals surface area contributed by atoms with Gasteiger partial charge in [-0.15, -0.1) is 0 Å². The lowest BCUT2D eigenvalue weighted by molar-refractivity contribution is -0.138. The molecule has 0 bridgehead atoms. The van der Waals surface area contributed by atoms with Gasteiger partial charge in [-0.1, -0.05) is 196 Å². The molecule has 0 saturated heterocycles. The molecular weight excluding hydrogens is 1510 g/mol. The van der Waals surface area contributed by atoms with E-state index in [4.69, 9.17) is 37.9 Å². The molecule has 0 fully saturated rings. The number of benzene rings is 12. The number of carbonyl (C=O) groups is 8. The fourth-order valence-corrected chi connectivity index (χ4v) is 13.2. The average molecular weight is 1590 g/mol. The van der Waals surface area contributed by atoms with Crippen molar-refractivity contribution in [2.75, 3.05) is 26.4 Å². The van der Waals surface area contributed by atoms with Crippen LogP contribution in [-0.4, -0.2) is 73.8 Å². The predicted molar refractivity (Wildman–Crippen MR) is 466 cm³/mol. The van der Waals surface area contributed by atoms with Crippen molar-refractivity contribution in [1.82, 2.24) is 0 Å². The Kier molecular flexibility index (Phi) is 30.0. The summed E-state index contributed by atoms with van der Waals surface area (Å²) in [6.45, 7) is 15.8. The first-order chi connectivity index (χ1) is 58.5. The van der Waals surface area contributed by atoms with Crippen LogP contribution in [-0.2, 0) is 41.5 Å². The molecule has 0 aliphatic carbocycles. The first kappa shape index (κ1) is 84.5. The van der Waals surface area contributed by atoms with Crippen molar-refractivity contribution in [3.05, 3.63) is 397 Å². The SMILES string of the molecule is C=CC(=O)Cc1ccc(-c2ccc(C(=O)Oc3ccc(/C(=C(\c4ccc(OC(=O)c5ccc(-c6ccc(CC(=O)C=C)cc6)cc5)cc4)c4ccc(OC(=O)c5ccc(-c6ccc(OCCCCCCOC(=O)C=C)cc6)cc5)cc4)c4ccc(OC(=O)c5ccc(-c6ccc(OCCCCCCOC(=O)C=C)cc6)cc5)cc4)cc3)cc2)cc1. The summed E-state index contributed by atoms with van der Waals surface area (Å²) in [5, 5.41) is 0. The summed E-state index contributed by atoms with van der Waals surface area (Å²) in [5.74, 6) is -0.794. The number of carbonyl (C=O) groups excluding carboxylic acids is 8. The lowest BCUT2D eigenvalue weighted by Gasteiger charge is -2.19. The van der Waals surface area contributed by atoms with Gasteiger partial charge >= 0.3 is 35.8 Å². The maximum Gasteiger partial charge on any atom is 0.343 e. The first-order valence-electron chi connectivity index (χ1n) is 39.5. The largest absolute Gasteiger partial charge is 0.494 e. The van der Waals surface area contributed by atoms with Gasteiger partial charge in [-0.05, 0) is 274 Å². The lowest BCUT2D eigenvalue weighted by atomic mass is 9.85. The van der Waals surface area contributed by atoms with E-state index in [9.17, 15) is 38.4 Å². The summed E-state index contributed by atoms with van der Waals surface area (Å²) >= 11 is 0. The van der Waals surface area contributed by atoms with Crippen LogP contribution in [0.1, 0.15) is 126 Å². The van der Waals surface area contributed by atoms with Gasteiger partial charge in [0.25, 0.3) is 0 Å². The van der Waals surface area contributed by atoms with Crippen LogP contribution >= 0.6 is 0 Å². The van der Waals surface area contributed by atoms with Crippen LogP contribution in [0.5, 0.6) is 34.5 Å². The number of ether oxygens (including phenoxy) is 8. The number of hydrogen-bond donors (Lipinski definition) is 0. The van der Waals surface area contributed by atoms with Crippen LogP contribution in [0.25, 0.3) is 55.7 Å². The van der Waals surface area contributed by atoms with Gasteiger partial charge in [0.05, 0.1) is 48.7 Å². The van der Waals surface area contributed by atoms with Crippen molar-refractivity contribution in [1.29, 1.82) is 0 Å². The average Bonchev–Trinajstić information content (AvgIpc) is 0.769. The summed E-state index contributed by atoms with van der Waals surface area (Å²) in [6.07, 6.45) is 12.4. The molecule has 0 spiro atoms. The molecule has 0 aromatic heterocycles. The number of allylic oxidation sites excluding steroid dienone is 2. The molecule has 0 N–H and O–H groups in total. The molecule has 16 heteroatoms. The van der Waals surface area contributed by atoms with Gasteiger partial charge in [-0.2, -0.15) is 0 Å². The second kappa shape index (κ2) is 42.6. The Hall–Kier alpha value is -14.9. The lowest BCUT2D eigenvalue weighted by Crippen LogP contribution is -2.09. The van der Waals surface area contributed by atoms with E-state index in [0.717, 1.165) is 131 Å². The van der Waals surface area contributed by atoms with E-state index < -0.39 is 35.8 Å². The van der Waals surface area contributed by atoms with E-state index in [1.807, 2.05) is 194 Å². The Bertz CT molecular complexity index is 5260. The molecule has 0 heterocycles. The Morgan fingerprint density at radius 1 is 0.217 bits per heavy atom. The van der Waals surface area contributed by atoms with Crippen molar-refractivity contribution >= 4 is 58.5 Å². The summed E-state index contributed by atoms with van der Waals surface area (Å²) in [5.41, 5.74) is 14.2. The number of rotatable bonds is 40. The van der Waals surface area contributed by atoms with Gasteiger partial charge in [0.2, 0.25) is 0 Å². The summed E-state index contributed by atoms with van der Waals surface area (Å²) in [6, 6.07) is 87.5. The fourth-order valence-electron chi connectivity index (χ4n) is 13.2. The Labute approximate surface area is 697 Å². The maximum atomic E-state index is 14.0. The monoisotopic (exact) mass is 1590 g/mol. The van der Waals surface area contributed by atoms with Crippen molar-refractivity contribution in [2.24, 2.45) is 0 Å². The molecule has 12 aromatic carbocycles. The fraction of sp³-hybridized carbons (Fsp3) is 0.135. The van der Waals surface area contributed by atoms with E-state index in [-0.39, 0.29) is 47.4 Å². The van der Waals surface area contributed by atoms with Gasteiger partial charge < -0.3 is 37.9 Å². The van der Waals surface area contributed by atoms with Crippen LogP contribution < -0.4 is 28.4 Å². The zero-order valence-corrected chi connectivity index (χ0v) is 66.3. The molecular formula is C104H88O16. The first-order valence-corrected chi connectivity index (χ1v) is 39.5. The van der Waals surface area contributed by atoms with E-state index >= 15 is 0 Å². The van der Waals surface area contributed by atoms with Crippen molar-refractivity contribution in [2.45, 2.75) is 64.2 Å². The highest BCUT2D eigenvalue weighted by atomic mass is 16.6. The van der Waals surface area contributed by atoms with Crippen LogP contribution in [0.4, 0.5) is 0 Å². The Morgan fingerprint density at radius 2 is 0.417 bits per heavy atom. The third-order valence-electron chi connectivity index (χ3n) is 19.7. The Morgan fingerprint density at radius 3 is 0.642 bits per heavy atom. The van der Waals surface area contributed by atoms with E-state index in [1.165, 1.54) is 12.2 Å². The highest BCUT2D eigenvalue weighted by molar-refractivity contribution is 6.05. The van der Waals surface area contributed by atoms with E-state index in [1.54, 1.807) is 97.1 Å². The third kappa shape index (κ3) is 24.1. The highest BCUT2D eigenvalue weighted by Crippen LogP contribution is 2.40. The molecule has 16 nitrogen and oxygen atoms in total. The van der Waals surface area contributed by atoms with Gasteiger partial charge in [0, 0.05) is 25.0 Å². The van der Waals surface area contributed by atoms with Crippen LogP contribution in [0, 0.1) is 0 Å². The second-order valence-corrected chi connectivity index (χ2v) is 28.1. The second-order valence-electron chi connectivity index (χ2n) is 28.1. The van der Waals surface area contributed by atoms with Crippen molar-refractivity contribution < 1.29 is 76.3 Å². The van der Waals surface area contributed by atoms with E-state index in [2.05, 4.69) is 26.3 Å². The molecule has 0 amide bonds. The zero-order chi connectivity index (χ0) is 84.0. The molecule has 0 atom stereocenters. The normalized spacial score (nSPS) is 11.0. The molecule has 0 unspecified atom stereocenters. The number of hydrogen-bond acceptors (Lipinski definition) is 16.